The second-order valence-corrected chi connectivity index (χ2v) is 4.92. The summed E-state index contributed by atoms with van der Waals surface area (Å²) in [6, 6.07) is 0. The monoisotopic (exact) mass is 257 g/mol. The van der Waals surface area contributed by atoms with Gasteiger partial charge in [0.2, 0.25) is 5.91 Å². The molecular formula is C13H23NO4. The predicted octanol–water partition coefficient (Wildman–Crippen LogP) is 1.56. The van der Waals surface area contributed by atoms with Crippen molar-refractivity contribution >= 4 is 11.9 Å². The lowest BCUT2D eigenvalue weighted by Crippen LogP contribution is -2.31. The molecule has 2 N–H and O–H groups in total. The number of carboxylic acids is 1. The van der Waals surface area contributed by atoms with Crippen LogP contribution in [-0.4, -0.2) is 36.2 Å². The van der Waals surface area contributed by atoms with Gasteiger partial charge in [-0.05, 0) is 32.1 Å². The molecular weight excluding hydrogens is 234 g/mol. The van der Waals surface area contributed by atoms with Crippen LogP contribution in [0.5, 0.6) is 0 Å². The summed E-state index contributed by atoms with van der Waals surface area (Å²) in [5, 5.41) is 11.5. The molecule has 1 fully saturated rings. The Bertz CT molecular complexity index is 274. The molecule has 1 aliphatic rings. The van der Waals surface area contributed by atoms with Crippen LogP contribution in [0.3, 0.4) is 0 Å². The number of ether oxygens (including phenoxy) is 1. The van der Waals surface area contributed by atoms with Gasteiger partial charge in [0.15, 0.2) is 0 Å². The number of carbonyl (C=O) groups is 2. The highest BCUT2D eigenvalue weighted by molar-refractivity contribution is 5.76. The molecule has 0 aliphatic carbocycles. The summed E-state index contributed by atoms with van der Waals surface area (Å²) >= 11 is 0. The molecule has 5 nitrogen and oxygen atoms in total. The van der Waals surface area contributed by atoms with E-state index in [-0.39, 0.29) is 17.9 Å². The summed E-state index contributed by atoms with van der Waals surface area (Å²) in [6.07, 6.45) is 4.97. The van der Waals surface area contributed by atoms with Crippen LogP contribution in [0.2, 0.25) is 0 Å². The van der Waals surface area contributed by atoms with Crippen LogP contribution in [-0.2, 0) is 14.3 Å². The molecule has 1 saturated heterocycles. The molecule has 1 rings (SSSR count). The van der Waals surface area contributed by atoms with E-state index in [2.05, 4.69) is 5.32 Å². The van der Waals surface area contributed by atoms with Crippen LogP contribution >= 0.6 is 0 Å². The van der Waals surface area contributed by atoms with Gasteiger partial charge >= 0.3 is 5.97 Å². The van der Waals surface area contributed by atoms with E-state index in [1.165, 1.54) is 0 Å². The molecule has 5 heteroatoms. The Hall–Kier alpha value is -1.10. The normalized spacial score (nSPS) is 21.3. The molecule has 0 aromatic heterocycles. The molecule has 2 atom stereocenters. The summed E-state index contributed by atoms with van der Waals surface area (Å²) in [7, 11) is 0. The van der Waals surface area contributed by atoms with Gasteiger partial charge in [0.05, 0.1) is 18.4 Å². The maximum absolute atomic E-state index is 11.6. The second-order valence-electron chi connectivity index (χ2n) is 4.92. The quantitative estimate of drug-likeness (QED) is 0.679. The van der Waals surface area contributed by atoms with Crippen molar-refractivity contribution in [1.29, 1.82) is 0 Å². The maximum atomic E-state index is 11.6. The number of hydrogen-bond donors (Lipinski definition) is 2. The third-order valence-electron chi connectivity index (χ3n) is 3.24. The lowest BCUT2D eigenvalue weighted by Gasteiger charge is -2.21. The Morgan fingerprint density at radius 1 is 1.44 bits per heavy atom. The summed E-state index contributed by atoms with van der Waals surface area (Å²) in [6.45, 7) is 2.98. The molecule has 104 valence electrons. The number of carbonyl (C=O) groups excluding carboxylic acids is 1. The average Bonchev–Trinajstić information content (AvgIpc) is 2.35. The second kappa shape index (κ2) is 8.08. The van der Waals surface area contributed by atoms with Crippen LogP contribution in [0.4, 0.5) is 0 Å². The van der Waals surface area contributed by atoms with E-state index in [4.69, 9.17) is 9.84 Å². The Morgan fingerprint density at radius 2 is 2.22 bits per heavy atom. The van der Waals surface area contributed by atoms with Crippen molar-refractivity contribution in [3.05, 3.63) is 0 Å². The number of rotatable bonds is 7. The molecule has 0 aromatic rings. The number of amides is 1. The molecule has 0 saturated carbocycles. The van der Waals surface area contributed by atoms with Gasteiger partial charge < -0.3 is 15.2 Å². The zero-order valence-electron chi connectivity index (χ0n) is 11.0. The molecule has 2 unspecified atom stereocenters. The number of nitrogens with one attached hydrogen (secondary N) is 1. The third-order valence-corrected chi connectivity index (χ3v) is 3.24. The van der Waals surface area contributed by atoms with Gasteiger partial charge in [-0.3, -0.25) is 9.59 Å². The Balaban J connectivity index is 2.04. The van der Waals surface area contributed by atoms with E-state index < -0.39 is 5.97 Å². The number of aliphatic carboxylic acids is 1. The van der Waals surface area contributed by atoms with Gasteiger partial charge in [0.25, 0.3) is 0 Å². The van der Waals surface area contributed by atoms with Gasteiger partial charge in [-0.25, -0.2) is 0 Å². The van der Waals surface area contributed by atoms with Gasteiger partial charge in [-0.15, -0.1) is 0 Å². The van der Waals surface area contributed by atoms with Gasteiger partial charge in [0.1, 0.15) is 0 Å². The van der Waals surface area contributed by atoms with E-state index in [1.807, 2.05) is 0 Å². The predicted molar refractivity (Wildman–Crippen MR) is 67.3 cm³/mol. The Labute approximate surface area is 108 Å². The highest BCUT2D eigenvalue weighted by Crippen LogP contribution is 2.15. The Morgan fingerprint density at radius 3 is 2.83 bits per heavy atom. The first-order valence-corrected chi connectivity index (χ1v) is 6.70. The topological polar surface area (TPSA) is 75.6 Å². The fourth-order valence-electron chi connectivity index (χ4n) is 2.01. The molecule has 18 heavy (non-hydrogen) atoms. The van der Waals surface area contributed by atoms with Crippen LogP contribution in [0.15, 0.2) is 0 Å². The lowest BCUT2D eigenvalue weighted by atomic mass is 10.1. The molecule has 0 spiro atoms. The minimum absolute atomic E-state index is 0.00452. The standard InChI is InChI=1S/C13H23NO4/c1-10(13(16)17)5-4-7-14-12(15)9-11-6-2-3-8-18-11/h10-11H,2-9H2,1H3,(H,14,15)(H,16,17). The zero-order chi connectivity index (χ0) is 13.4. The van der Waals surface area contributed by atoms with E-state index in [9.17, 15) is 9.59 Å². The van der Waals surface area contributed by atoms with Crippen molar-refractivity contribution in [2.75, 3.05) is 13.2 Å². The van der Waals surface area contributed by atoms with Crippen molar-refractivity contribution in [2.45, 2.75) is 51.6 Å². The van der Waals surface area contributed by atoms with Crippen LogP contribution in [0.25, 0.3) is 0 Å². The van der Waals surface area contributed by atoms with Crippen molar-refractivity contribution in [3.8, 4) is 0 Å². The third kappa shape index (κ3) is 6.00. The fraction of sp³-hybridized carbons (Fsp3) is 0.846. The average molecular weight is 257 g/mol. The van der Waals surface area contributed by atoms with Crippen molar-refractivity contribution in [2.24, 2.45) is 5.92 Å². The number of hydrogen-bond acceptors (Lipinski definition) is 3. The maximum Gasteiger partial charge on any atom is 0.306 e. The minimum atomic E-state index is -0.781. The van der Waals surface area contributed by atoms with E-state index in [0.717, 1.165) is 25.9 Å². The molecule has 1 amide bonds. The summed E-state index contributed by atoms with van der Waals surface area (Å²) in [4.78, 5) is 22.2. The Kier molecular flexibility index (Phi) is 6.72. The SMILES string of the molecule is CC(CCCNC(=O)CC1CCCCO1)C(=O)O. The largest absolute Gasteiger partial charge is 0.481 e. The van der Waals surface area contributed by atoms with Crippen molar-refractivity contribution in [1.82, 2.24) is 5.32 Å². The summed E-state index contributed by atoms with van der Waals surface area (Å²) in [5.41, 5.74) is 0. The van der Waals surface area contributed by atoms with Crippen molar-refractivity contribution in [3.63, 3.8) is 0 Å². The van der Waals surface area contributed by atoms with Crippen LogP contribution in [0.1, 0.15) is 45.4 Å². The first-order chi connectivity index (χ1) is 8.59. The first kappa shape index (κ1) is 15.0. The molecule has 0 bridgehead atoms. The number of carboxylic acid groups (broad SMARTS) is 1. The van der Waals surface area contributed by atoms with Gasteiger partial charge in [0, 0.05) is 13.2 Å². The molecule has 0 aromatic carbocycles. The summed E-state index contributed by atoms with van der Waals surface area (Å²) in [5.74, 6) is -1.12. The van der Waals surface area contributed by atoms with Gasteiger partial charge in [-0.2, -0.15) is 0 Å². The van der Waals surface area contributed by atoms with Gasteiger partial charge in [-0.1, -0.05) is 6.92 Å². The van der Waals surface area contributed by atoms with Crippen LogP contribution < -0.4 is 5.32 Å². The smallest absolute Gasteiger partial charge is 0.306 e. The fourth-order valence-corrected chi connectivity index (χ4v) is 2.01. The van der Waals surface area contributed by atoms with E-state index in [1.54, 1.807) is 6.92 Å². The minimum Gasteiger partial charge on any atom is -0.481 e. The molecule has 0 radical (unpaired) electrons. The van der Waals surface area contributed by atoms with E-state index in [0.29, 0.717) is 25.8 Å². The van der Waals surface area contributed by atoms with Crippen LogP contribution in [0, 0.1) is 5.92 Å². The highest BCUT2D eigenvalue weighted by atomic mass is 16.5. The first-order valence-electron chi connectivity index (χ1n) is 6.70. The van der Waals surface area contributed by atoms with Crippen molar-refractivity contribution < 1.29 is 19.4 Å². The summed E-state index contributed by atoms with van der Waals surface area (Å²) < 4.78 is 5.49. The molecule has 1 heterocycles. The van der Waals surface area contributed by atoms with E-state index >= 15 is 0 Å². The highest BCUT2D eigenvalue weighted by Gasteiger charge is 2.17. The lowest BCUT2D eigenvalue weighted by molar-refractivity contribution is -0.141. The molecule has 1 aliphatic heterocycles. The zero-order valence-corrected chi connectivity index (χ0v) is 11.0.